The van der Waals surface area contributed by atoms with Gasteiger partial charge in [-0.25, -0.2) is 0 Å². The summed E-state index contributed by atoms with van der Waals surface area (Å²) >= 11 is 0. The summed E-state index contributed by atoms with van der Waals surface area (Å²) < 4.78 is 19.2. The molecule has 0 spiro atoms. The Morgan fingerprint density at radius 3 is 2.07 bits per heavy atom. The molecule has 28 heavy (non-hydrogen) atoms. The fraction of sp³-hybridized carbons (Fsp3) is 0.208. The van der Waals surface area contributed by atoms with Gasteiger partial charge < -0.3 is 9.30 Å². The number of hydrogen-bond donors (Lipinski definition) is 0. The number of ketones is 1. The molecule has 3 aromatic carbocycles. The highest BCUT2D eigenvalue weighted by Crippen LogP contribution is 2.44. The van der Waals surface area contributed by atoms with Crippen LogP contribution in [0.3, 0.4) is 0 Å². The Labute approximate surface area is 166 Å². The van der Waals surface area contributed by atoms with Gasteiger partial charge in [-0.2, -0.15) is 0 Å². The molecule has 0 radical (unpaired) electrons. The Kier molecular flexibility index (Phi) is 6.49. The third kappa shape index (κ3) is 4.79. The van der Waals surface area contributed by atoms with Crippen LogP contribution in [0.15, 0.2) is 78.9 Å². The molecule has 0 N–H and O–H groups in total. The number of Topliss-reactive ketones (excluding diaryl/α,β-unsaturated/α-hetero) is 1. The van der Waals surface area contributed by atoms with Gasteiger partial charge in [0.15, 0.2) is 0 Å². The standard InChI is InChI=1S/C24H25O3P/c1-19-8-14-24(15-9-19)28(26,23-6-4-3-5-7-23)17-16-21(25)18-20-10-12-22(27-2)13-11-20/h3-15H,16-18H2,1-2H3. The van der Waals surface area contributed by atoms with Crippen molar-refractivity contribution in [1.29, 1.82) is 0 Å². The van der Waals surface area contributed by atoms with Crippen molar-refractivity contribution in [3.05, 3.63) is 90.0 Å². The van der Waals surface area contributed by atoms with Crippen molar-refractivity contribution >= 4 is 23.5 Å². The first-order valence-corrected chi connectivity index (χ1v) is 11.3. The number of carbonyl (C=O) groups excluding carboxylic acids is 1. The Morgan fingerprint density at radius 2 is 1.46 bits per heavy atom. The quantitative estimate of drug-likeness (QED) is 0.530. The second-order valence-corrected chi connectivity index (χ2v) is 9.91. The van der Waals surface area contributed by atoms with E-state index in [2.05, 4.69) is 0 Å². The van der Waals surface area contributed by atoms with Crippen LogP contribution in [0.5, 0.6) is 5.75 Å². The van der Waals surface area contributed by atoms with Crippen molar-refractivity contribution in [2.75, 3.05) is 13.3 Å². The van der Waals surface area contributed by atoms with E-state index >= 15 is 0 Å². The molecule has 0 amide bonds. The molecule has 0 fully saturated rings. The van der Waals surface area contributed by atoms with Gasteiger partial charge in [0.05, 0.1) is 7.11 Å². The summed E-state index contributed by atoms with van der Waals surface area (Å²) in [7, 11) is -1.24. The minimum Gasteiger partial charge on any atom is -0.497 e. The first-order chi connectivity index (χ1) is 13.5. The van der Waals surface area contributed by atoms with Crippen molar-refractivity contribution in [2.45, 2.75) is 19.8 Å². The van der Waals surface area contributed by atoms with Crippen molar-refractivity contribution < 1.29 is 14.1 Å². The first kappa shape index (κ1) is 20.1. The van der Waals surface area contributed by atoms with Gasteiger partial charge in [0.25, 0.3) is 0 Å². The van der Waals surface area contributed by atoms with Crippen LogP contribution < -0.4 is 15.3 Å². The molecule has 0 aliphatic rings. The lowest BCUT2D eigenvalue weighted by molar-refractivity contribution is -0.118. The molecule has 0 heterocycles. The summed E-state index contributed by atoms with van der Waals surface area (Å²) in [5, 5.41) is 1.61. The molecule has 4 heteroatoms. The molecule has 0 saturated carbocycles. The van der Waals surface area contributed by atoms with Gasteiger partial charge in [-0.3, -0.25) is 4.79 Å². The van der Waals surface area contributed by atoms with Crippen molar-refractivity contribution in [3.63, 3.8) is 0 Å². The average molecular weight is 392 g/mol. The zero-order valence-electron chi connectivity index (χ0n) is 16.3. The van der Waals surface area contributed by atoms with Crippen LogP contribution in [0.25, 0.3) is 0 Å². The predicted molar refractivity (Wildman–Crippen MR) is 116 cm³/mol. The topological polar surface area (TPSA) is 43.4 Å². The summed E-state index contributed by atoms with van der Waals surface area (Å²) in [6.07, 6.45) is 0.966. The van der Waals surface area contributed by atoms with E-state index in [9.17, 15) is 9.36 Å². The predicted octanol–water partition coefficient (Wildman–Crippen LogP) is 4.52. The van der Waals surface area contributed by atoms with Gasteiger partial charge in [-0.1, -0.05) is 72.3 Å². The van der Waals surface area contributed by atoms with Gasteiger partial charge >= 0.3 is 0 Å². The van der Waals surface area contributed by atoms with E-state index in [0.29, 0.717) is 12.6 Å². The molecule has 0 saturated heterocycles. The Morgan fingerprint density at radius 1 is 0.857 bits per heavy atom. The molecule has 144 valence electrons. The highest BCUT2D eigenvalue weighted by molar-refractivity contribution is 7.78. The zero-order valence-corrected chi connectivity index (χ0v) is 17.2. The third-order valence-electron chi connectivity index (χ3n) is 4.89. The smallest absolute Gasteiger partial charge is 0.143 e. The second-order valence-electron chi connectivity index (χ2n) is 6.95. The Bertz CT molecular complexity index is 961. The summed E-state index contributed by atoms with van der Waals surface area (Å²) in [4.78, 5) is 12.6. The molecular formula is C24H25O3P. The maximum Gasteiger partial charge on any atom is 0.143 e. The monoisotopic (exact) mass is 392 g/mol. The molecule has 3 aromatic rings. The summed E-state index contributed by atoms with van der Waals surface area (Å²) in [5.41, 5.74) is 2.06. The van der Waals surface area contributed by atoms with E-state index in [1.807, 2.05) is 85.8 Å². The van der Waals surface area contributed by atoms with Crippen molar-refractivity contribution in [1.82, 2.24) is 0 Å². The maximum atomic E-state index is 14.0. The van der Waals surface area contributed by atoms with Gasteiger partial charge in [0, 0.05) is 29.6 Å². The average Bonchev–Trinajstić information content (AvgIpc) is 2.74. The van der Waals surface area contributed by atoms with Crippen LogP contribution in [0.2, 0.25) is 0 Å². The normalized spacial score (nSPS) is 12.9. The lowest BCUT2D eigenvalue weighted by Gasteiger charge is -2.19. The molecule has 0 aromatic heterocycles. The Balaban J connectivity index is 1.77. The highest BCUT2D eigenvalue weighted by atomic mass is 31.2. The first-order valence-electron chi connectivity index (χ1n) is 9.38. The zero-order chi connectivity index (χ0) is 20.0. The van der Waals surface area contributed by atoms with Crippen molar-refractivity contribution in [3.8, 4) is 5.75 Å². The lowest BCUT2D eigenvalue weighted by Crippen LogP contribution is -2.20. The fourth-order valence-electron chi connectivity index (χ4n) is 3.20. The van der Waals surface area contributed by atoms with E-state index in [1.54, 1.807) is 7.11 Å². The molecule has 0 aliphatic heterocycles. The van der Waals surface area contributed by atoms with E-state index in [4.69, 9.17) is 4.74 Å². The van der Waals surface area contributed by atoms with Crippen LogP contribution >= 0.6 is 7.14 Å². The van der Waals surface area contributed by atoms with Crippen LogP contribution in [0.1, 0.15) is 17.5 Å². The highest BCUT2D eigenvalue weighted by Gasteiger charge is 2.27. The minimum atomic E-state index is -2.86. The fourth-order valence-corrected chi connectivity index (χ4v) is 5.87. The molecule has 3 rings (SSSR count). The van der Waals surface area contributed by atoms with Gasteiger partial charge in [-0.05, 0) is 24.6 Å². The van der Waals surface area contributed by atoms with E-state index in [-0.39, 0.29) is 12.2 Å². The number of benzene rings is 3. The van der Waals surface area contributed by atoms with Gasteiger partial charge in [0.1, 0.15) is 18.7 Å². The number of ether oxygens (including phenoxy) is 1. The van der Waals surface area contributed by atoms with E-state index < -0.39 is 7.14 Å². The second kappa shape index (κ2) is 9.03. The number of carbonyl (C=O) groups is 1. The van der Waals surface area contributed by atoms with Crippen LogP contribution in [0, 0.1) is 6.92 Å². The molecule has 3 nitrogen and oxygen atoms in total. The van der Waals surface area contributed by atoms with E-state index in [0.717, 1.165) is 27.5 Å². The van der Waals surface area contributed by atoms with Gasteiger partial charge in [-0.15, -0.1) is 0 Å². The molecule has 1 unspecified atom stereocenters. The van der Waals surface area contributed by atoms with Crippen molar-refractivity contribution in [2.24, 2.45) is 0 Å². The van der Waals surface area contributed by atoms with Crippen LogP contribution in [-0.2, 0) is 15.8 Å². The largest absolute Gasteiger partial charge is 0.497 e. The maximum absolute atomic E-state index is 14.0. The molecule has 1 atom stereocenters. The Hall–Kier alpha value is -2.64. The number of rotatable bonds is 8. The summed E-state index contributed by atoms with van der Waals surface area (Å²) in [6, 6.07) is 24.8. The summed E-state index contributed by atoms with van der Waals surface area (Å²) in [6.45, 7) is 2.01. The number of hydrogen-bond acceptors (Lipinski definition) is 3. The molecule has 0 bridgehead atoms. The minimum absolute atomic E-state index is 0.0911. The molecule has 0 aliphatic carbocycles. The van der Waals surface area contributed by atoms with Crippen LogP contribution in [-0.4, -0.2) is 19.1 Å². The number of methoxy groups -OCH3 is 1. The number of aryl methyl sites for hydroxylation is 1. The lowest BCUT2D eigenvalue weighted by atomic mass is 10.1. The van der Waals surface area contributed by atoms with E-state index in [1.165, 1.54) is 0 Å². The van der Waals surface area contributed by atoms with Crippen LogP contribution in [0.4, 0.5) is 0 Å². The summed E-state index contributed by atoms with van der Waals surface area (Å²) in [5.74, 6) is 0.859. The third-order valence-corrected chi connectivity index (χ3v) is 8.01. The SMILES string of the molecule is COc1ccc(CC(=O)CCP(=O)(c2ccccc2)c2ccc(C)cc2)cc1. The van der Waals surface area contributed by atoms with Gasteiger partial charge in [0.2, 0.25) is 0 Å². The molecular weight excluding hydrogens is 367 g/mol.